The number of nitro groups is 1. The van der Waals surface area contributed by atoms with Gasteiger partial charge in [0.05, 0.1) is 18.1 Å². The molecule has 0 saturated carbocycles. The first-order valence-electron chi connectivity index (χ1n) is 4.09. The largest absolute Gasteiger partial charge is 0.464 e. The fraction of sp³-hybridized carbons (Fsp3) is 0.250. The second-order valence-corrected chi connectivity index (χ2v) is 3.85. The number of hydrogen-bond donors (Lipinski definition) is 0. The molecule has 0 bridgehead atoms. The van der Waals surface area contributed by atoms with Gasteiger partial charge in [-0.1, -0.05) is 0 Å². The van der Waals surface area contributed by atoms with Gasteiger partial charge in [0.1, 0.15) is 9.26 Å². The molecule has 1 aromatic heterocycles. The van der Waals surface area contributed by atoms with Crippen molar-refractivity contribution in [3.63, 3.8) is 0 Å². The Morgan fingerprint density at radius 1 is 1.65 bits per heavy atom. The Bertz CT molecular complexity index is 481. The average molecular weight is 358 g/mol. The third-order valence-electron chi connectivity index (χ3n) is 1.76. The van der Waals surface area contributed by atoms with E-state index in [9.17, 15) is 23.7 Å². The maximum absolute atomic E-state index is 12.6. The van der Waals surface area contributed by atoms with Crippen molar-refractivity contribution in [3.05, 3.63) is 31.1 Å². The van der Waals surface area contributed by atoms with Crippen LogP contribution in [0.1, 0.15) is 22.6 Å². The van der Waals surface area contributed by atoms with Crippen molar-refractivity contribution in [2.24, 2.45) is 0 Å². The minimum atomic E-state index is -3.01. The second kappa shape index (κ2) is 5.29. The van der Waals surface area contributed by atoms with Crippen LogP contribution in [0.25, 0.3) is 0 Å². The van der Waals surface area contributed by atoms with Crippen molar-refractivity contribution in [2.75, 3.05) is 7.11 Å². The quantitative estimate of drug-likeness (QED) is 0.359. The third-order valence-corrected chi connectivity index (χ3v) is 2.87. The molecule has 0 aliphatic heterocycles. The molecule has 9 heteroatoms. The molecule has 17 heavy (non-hydrogen) atoms. The fourth-order valence-corrected chi connectivity index (χ4v) is 1.73. The van der Waals surface area contributed by atoms with E-state index in [4.69, 9.17) is 0 Å². The molecule has 0 aliphatic rings. The first-order valence-corrected chi connectivity index (χ1v) is 5.17. The summed E-state index contributed by atoms with van der Waals surface area (Å²) in [6.07, 6.45) is -3.01. The monoisotopic (exact) mass is 358 g/mol. The molecule has 0 amide bonds. The highest BCUT2D eigenvalue weighted by atomic mass is 127. The minimum absolute atomic E-state index is 0.296. The van der Waals surface area contributed by atoms with Crippen LogP contribution in [0.4, 0.5) is 14.5 Å². The van der Waals surface area contributed by atoms with E-state index < -0.39 is 34.4 Å². The summed E-state index contributed by atoms with van der Waals surface area (Å²) >= 11 is 1.39. The predicted molar refractivity (Wildman–Crippen MR) is 59.9 cm³/mol. The van der Waals surface area contributed by atoms with Gasteiger partial charge >= 0.3 is 5.97 Å². The molecule has 0 aromatic carbocycles. The van der Waals surface area contributed by atoms with Crippen LogP contribution in [0.15, 0.2) is 6.07 Å². The van der Waals surface area contributed by atoms with Gasteiger partial charge in [0.2, 0.25) is 0 Å². The van der Waals surface area contributed by atoms with Gasteiger partial charge in [-0.25, -0.2) is 18.6 Å². The van der Waals surface area contributed by atoms with Crippen molar-refractivity contribution in [1.82, 2.24) is 4.98 Å². The Kier molecular flexibility index (Phi) is 4.26. The molecular weight excluding hydrogens is 353 g/mol. The summed E-state index contributed by atoms with van der Waals surface area (Å²) in [5.41, 5.74) is -1.92. The summed E-state index contributed by atoms with van der Waals surface area (Å²) in [5, 5.41) is 10.6. The van der Waals surface area contributed by atoms with Crippen LogP contribution in [0.2, 0.25) is 0 Å². The predicted octanol–water partition coefficient (Wildman–Crippen LogP) is 2.32. The van der Waals surface area contributed by atoms with Gasteiger partial charge < -0.3 is 4.74 Å². The van der Waals surface area contributed by atoms with Crippen LogP contribution in [0, 0.1) is 13.7 Å². The van der Waals surface area contributed by atoms with E-state index in [0.29, 0.717) is 0 Å². The van der Waals surface area contributed by atoms with E-state index in [1.165, 1.54) is 22.6 Å². The standard InChI is InChI=1S/C8H5F2IN2O4/c1-17-8(14)3-2-4(13(15)16)5(11)6(12-3)7(9)10/h2,7H,1H3. The molecule has 0 atom stereocenters. The van der Waals surface area contributed by atoms with E-state index >= 15 is 0 Å². The smallest absolute Gasteiger partial charge is 0.356 e. The SMILES string of the molecule is COC(=O)c1cc([N+](=O)[O-])c(I)c(C(F)F)n1. The molecule has 1 rings (SSSR count). The van der Waals surface area contributed by atoms with Gasteiger partial charge in [-0.2, -0.15) is 0 Å². The number of methoxy groups -OCH3 is 1. The highest BCUT2D eigenvalue weighted by Gasteiger charge is 2.26. The van der Waals surface area contributed by atoms with Gasteiger partial charge in [-0.15, -0.1) is 0 Å². The van der Waals surface area contributed by atoms with Crippen LogP contribution in [-0.2, 0) is 4.74 Å². The lowest BCUT2D eigenvalue weighted by Gasteiger charge is -2.05. The number of nitrogens with zero attached hydrogens (tertiary/aromatic N) is 2. The fourth-order valence-electron chi connectivity index (χ4n) is 1.02. The summed E-state index contributed by atoms with van der Waals surface area (Å²) in [7, 11) is 1.02. The van der Waals surface area contributed by atoms with Gasteiger partial charge in [0, 0.05) is 0 Å². The van der Waals surface area contributed by atoms with Gasteiger partial charge in [0.25, 0.3) is 12.1 Å². The minimum Gasteiger partial charge on any atom is -0.464 e. The zero-order valence-corrected chi connectivity index (χ0v) is 10.5. The summed E-state index contributed by atoms with van der Waals surface area (Å²) in [6.45, 7) is 0. The lowest BCUT2D eigenvalue weighted by atomic mass is 10.2. The Hall–Kier alpha value is -1.39. The molecule has 0 N–H and O–H groups in total. The summed E-state index contributed by atoms with van der Waals surface area (Å²) in [6, 6.07) is 0.805. The van der Waals surface area contributed by atoms with Gasteiger partial charge in [-0.05, 0) is 22.6 Å². The van der Waals surface area contributed by atoms with Crippen molar-refractivity contribution in [2.45, 2.75) is 6.43 Å². The number of rotatable bonds is 3. The first kappa shape index (κ1) is 13.7. The molecule has 6 nitrogen and oxygen atoms in total. The van der Waals surface area contributed by atoms with E-state index in [1.54, 1.807) is 0 Å². The van der Waals surface area contributed by atoms with Crippen LogP contribution >= 0.6 is 22.6 Å². The first-order chi connectivity index (χ1) is 7.88. The van der Waals surface area contributed by atoms with E-state index in [-0.39, 0.29) is 3.57 Å². The van der Waals surface area contributed by atoms with E-state index in [1.807, 2.05) is 0 Å². The van der Waals surface area contributed by atoms with Crippen molar-refractivity contribution in [3.8, 4) is 0 Å². The summed E-state index contributed by atoms with van der Waals surface area (Å²) < 4.78 is 29.1. The van der Waals surface area contributed by atoms with Crippen LogP contribution < -0.4 is 0 Å². The maximum Gasteiger partial charge on any atom is 0.356 e. The van der Waals surface area contributed by atoms with E-state index in [2.05, 4.69) is 9.72 Å². The Labute approximate surface area is 107 Å². The molecule has 0 fully saturated rings. The highest BCUT2D eigenvalue weighted by Crippen LogP contribution is 2.30. The molecule has 92 valence electrons. The highest BCUT2D eigenvalue weighted by molar-refractivity contribution is 14.1. The van der Waals surface area contributed by atoms with E-state index in [0.717, 1.165) is 13.2 Å². The number of carbonyl (C=O) groups excluding carboxylic acids is 1. The van der Waals surface area contributed by atoms with Crippen molar-refractivity contribution < 1.29 is 23.2 Å². The summed E-state index contributed by atoms with van der Waals surface area (Å²) in [5.74, 6) is -1.01. The zero-order chi connectivity index (χ0) is 13.2. The molecule has 1 heterocycles. The number of alkyl halides is 2. The summed E-state index contributed by atoms with van der Waals surface area (Å²) in [4.78, 5) is 24.2. The lowest BCUT2D eigenvalue weighted by molar-refractivity contribution is -0.386. The topological polar surface area (TPSA) is 82.3 Å². The van der Waals surface area contributed by atoms with Crippen LogP contribution in [0.3, 0.4) is 0 Å². The number of esters is 1. The third kappa shape index (κ3) is 2.84. The average Bonchev–Trinajstić information content (AvgIpc) is 2.27. The number of ether oxygens (including phenoxy) is 1. The number of halogens is 3. The Morgan fingerprint density at radius 2 is 2.24 bits per heavy atom. The number of hydrogen-bond acceptors (Lipinski definition) is 5. The van der Waals surface area contributed by atoms with Gasteiger partial charge in [-0.3, -0.25) is 10.1 Å². The molecular formula is C8H5F2IN2O4. The molecule has 0 radical (unpaired) electrons. The molecule has 1 aromatic rings. The lowest BCUT2D eigenvalue weighted by Crippen LogP contribution is -2.10. The number of pyridine rings is 1. The number of aromatic nitrogens is 1. The molecule has 0 unspecified atom stereocenters. The van der Waals surface area contributed by atoms with Crippen LogP contribution in [-0.4, -0.2) is 23.0 Å². The zero-order valence-electron chi connectivity index (χ0n) is 8.32. The molecule has 0 aliphatic carbocycles. The van der Waals surface area contributed by atoms with Gasteiger partial charge in [0.15, 0.2) is 5.69 Å². The van der Waals surface area contributed by atoms with Crippen molar-refractivity contribution in [1.29, 1.82) is 0 Å². The molecule has 0 spiro atoms. The maximum atomic E-state index is 12.6. The van der Waals surface area contributed by atoms with Crippen molar-refractivity contribution >= 4 is 34.2 Å². The Morgan fingerprint density at radius 3 is 2.65 bits per heavy atom. The number of carbonyl (C=O) groups is 1. The normalized spacial score (nSPS) is 10.4. The molecule has 0 saturated heterocycles. The second-order valence-electron chi connectivity index (χ2n) is 2.78. The van der Waals surface area contributed by atoms with Crippen LogP contribution in [0.5, 0.6) is 0 Å². The Balaban J connectivity index is 3.47.